The summed E-state index contributed by atoms with van der Waals surface area (Å²) >= 11 is 5.83. The zero-order valence-corrected chi connectivity index (χ0v) is 10.7. The van der Waals surface area contributed by atoms with Crippen LogP contribution in [-0.2, 0) is 6.42 Å². The van der Waals surface area contributed by atoms with Crippen molar-refractivity contribution in [3.05, 3.63) is 46.4 Å². The summed E-state index contributed by atoms with van der Waals surface area (Å²) in [5, 5.41) is 0.220. The van der Waals surface area contributed by atoms with E-state index in [1.54, 1.807) is 0 Å². The van der Waals surface area contributed by atoms with E-state index in [0.29, 0.717) is 17.9 Å². The average molecular weight is 269 g/mol. The van der Waals surface area contributed by atoms with E-state index in [1.807, 2.05) is 6.92 Å². The Morgan fingerprint density at radius 1 is 1.17 bits per heavy atom. The average Bonchev–Trinajstić information content (AvgIpc) is 2.35. The van der Waals surface area contributed by atoms with Crippen molar-refractivity contribution in [3.8, 4) is 11.3 Å². The Hall–Kier alpha value is -1.55. The van der Waals surface area contributed by atoms with E-state index in [1.165, 1.54) is 25.1 Å². The molecule has 0 spiro atoms. The number of halogens is 3. The Bertz CT molecular complexity index is 600. The van der Waals surface area contributed by atoms with Crippen molar-refractivity contribution < 1.29 is 8.78 Å². The molecule has 18 heavy (non-hydrogen) atoms. The summed E-state index contributed by atoms with van der Waals surface area (Å²) in [5.74, 6) is -1.27. The predicted octanol–water partition coefficient (Wildman–Crippen LogP) is 3.95. The fourth-order valence-electron chi connectivity index (χ4n) is 1.60. The van der Waals surface area contributed by atoms with Gasteiger partial charge in [0, 0.05) is 18.1 Å². The van der Waals surface area contributed by atoms with Crippen molar-refractivity contribution in [2.45, 2.75) is 20.3 Å². The molecule has 2 aromatic rings. The quantitative estimate of drug-likeness (QED) is 0.771. The first kappa shape index (κ1) is 12.9. The maximum Gasteiger partial charge on any atom is 0.168 e. The molecular formula is C13H11ClF2N2. The standard InChI is InChI=1S/C13H11ClF2N2/c1-3-11-17-9(6-10(14)18-11)8-5-4-7(2)12(15)13(8)16/h4-6H,3H2,1-2H3. The summed E-state index contributed by atoms with van der Waals surface area (Å²) < 4.78 is 27.3. The van der Waals surface area contributed by atoms with Crippen LogP contribution in [0.3, 0.4) is 0 Å². The number of nitrogens with zero attached hydrogens (tertiary/aromatic N) is 2. The van der Waals surface area contributed by atoms with Gasteiger partial charge in [-0.15, -0.1) is 0 Å². The van der Waals surface area contributed by atoms with Crippen LogP contribution in [0, 0.1) is 18.6 Å². The van der Waals surface area contributed by atoms with Gasteiger partial charge in [-0.05, 0) is 18.6 Å². The third-order valence-electron chi connectivity index (χ3n) is 2.61. The number of rotatable bonds is 2. The van der Waals surface area contributed by atoms with Crippen molar-refractivity contribution in [3.63, 3.8) is 0 Å². The number of hydrogen-bond acceptors (Lipinski definition) is 2. The lowest BCUT2D eigenvalue weighted by atomic mass is 10.1. The van der Waals surface area contributed by atoms with Crippen LogP contribution in [0.25, 0.3) is 11.3 Å². The van der Waals surface area contributed by atoms with Crippen LogP contribution in [-0.4, -0.2) is 9.97 Å². The number of aryl methyl sites for hydroxylation is 2. The molecule has 0 saturated carbocycles. The third kappa shape index (κ3) is 2.34. The number of benzene rings is 1. The van der Waals surface area contributed by atoms with Gasteiger partial charge in [0.2, 0.25) is 0 Å². The molecule has 0 N–H and O–H groups in total. The molecule has 0 unspecified atom stereocenters. The molecular weight excluding hydrogens is 258 g/mol. The molecule has 0 bridgehead atoms. The van der Waals surface area contributed by atoms with Crippen molar-refractivity contribution in [2.24, 2.45) is 0 Å². The highest BCUT2D eigenvalue weighted by Crippen LogP contribution is 2.26. The zero-order chi connectivity index (χ0) is 13.3. The van der Waals surface area contributed by atoms with Gasteiger partial charge in [0.1, 0.15) is 11.0 Å². The highest BCUT2D eigenvalue weighted by atomic mass is 35.5. The van der Waals surface area contributed by atoms with Crippen molar-refractivity contribution in [1.82, 2.24) is 9.97 Å². The van der Waals surface area contributed by atoms with E-state index in [2.05, 4.69) is 9.97 Å². The maximum atomic E-state index is 13.8. The Morgan fingerprint density at radius 2 is 1.89 bits per heavy atom. The highest BCUT2D eigenvalue weighted by molar-refractivity contribution is 6.29. The van der Waals surface area contributed by atoms with Crippen LogP contribution >= 0.6 is 11.6 Å². The van der Waals surface area contributed by atoms with Crippen molar-refractivity contribution in [1.29, 1.82) is 0 Å². The number of hydrogen-bond donors (Lipinski definition) is 0. The topological polar surface area (TPSA) is 25.8 Å². The van der Waals surface area contributed by atoms with Gasteiger partial charge >= 0.3 is 0 Å². The molecule has 0 radical (unpaired) electrons. The van der Waals surface area contributed by atoms with Crippen LogP contribution in [0.4, 0.5) is 8.78 Å². The van der Waals surface area contributed by atoms with E-state index < -0.39 is 11.6 Å². The molecule has 0 aliphatic carbocycles. The molecule has 5 heteroatoms. The lowest BCUT2D eigenvalue weighted by Crippen LogP contribution is -1.99. The molecule has 1 heterocycles. The van der Waals surface area contributed by atoms with Crippen LogP contribution in [0.5, 0.6) is 0 Å². The first-order valence-electron chi connectivity index (χ1n) is 5.51. The predicted molar refractivity (Wildman–Crippen MR) is 66.5 cm³/mol. The second kappa shape index (κ2) is 4.98. The summed E-state index contributed by atoms with van der Waals surface area (Å²) in [6.07, 6.45) is 0.573. The first-order valence-corrected chi connectivity index (χ1v) is 5.89. The number of aromatic nitrogens is 2. The van der Waals surface area contributed by atoms with Gasteiger partial charge in [-0.1, -0.05) is 24.6 Å². The maximum absolute atomic E-state index is 13.8. The minimum atomic E-state index is -0.910. The molecule has 0 atom stereocenters. The van der Waals surface area contributed by atoms with E-state index in [4.69, 9.17) is 11.6 Å². The van der Waals surface area contributed by atoms with Gasteiger partial charge in [-0.25, -0.2) is 18.7 Å². The first-order chi connectivity index (χ1) is 8.52. The van der Waals surface area contributed by atoms with Gasteiger partial charge < -0.3 is 0 Å². The molecule has 0 saturated heterocycles. The molecule has 0 amide bonds. The Kier molecular flexibility index (Phi) is 3.57. The van der Waals surface area contributed by atoms with E-state index in [9.17, 15) is 8.78 Å². The smallest absolute Gasteiger partial charge is 0.168 e. The molecule has 1 aromatic carbocycles. The molecule has 94 valence electrons. The van der Waals surface area contributed by atoms with Crippen molar-refractivity contribution >= 4 is 11.6 Å². The monoisotopic (exact) mass is 268 g/mol. The minimum Gasteiger partial charge on any atom is -0.233 e. The van der Waals surface area contributed by atoms with Gasteiger partial charge in [0.05, 0.1) is 5.69 Å². The third-order valence-corrected chi connectivity index (χ3v) is 2.80. The summed E-state index contributed by atoms with van der Waals surface area (Å²) in [6.45, 7) is 3.37. The van der Waals surface area contributed by atoms with Crippen LogP contribution in [0.2, 0.25) is 5.15 Å². The fourth-order valence-corrected chi connectivity index (χ4v) is 1.81. The lowest BCUT2D eigenvalue weighted by Gasteiger charge is -2.07. The molecule has 0 aliphatic rings. The molecule has 0 aliphatic heterocycles. The van der Waals surface area contributed by atoms with Gasteiger partial charge in [-0.3, -0.25) is 0 Å². The van der Waals surface area contributed by atoms with Crippen molar-refractivity contribution in [2.75, 3.05) is 0 Å². The summed E-state index contributed by atoms with van der Waals surface area (Å²) in [6, 6.07) is 4.43. The van der Waals surface area contributed by atoms with Crippen LogP contribution in [0.1, 0.15) is 18.3 Å². The van der Waals surface area contributed by atoms with Gasteiger partial charge in [0.25, 0.3) is 0 Å². The van der Waals surface area contributed by atoms with Crippen LogP contribution in [0.15, 0.2) is 18.2 Å². The molecule has 2 nitrogen and oxygen atoms in total. The van der Waals surface area contributed by atoms with Gasteiger partial charge in [0.15, 0.2) is 11.6 Å². The summed E-state index contributed by atoms with van der Waals surface area (Å²) in [5.41, 5.74) is 0.646. The molecule has 0 fully saturated rings. The largest absolute Gasteiger partial charge is 0.233 e. The Labute approximate surface area is 109 Å². The Balaban J connectivity index is 2.62. The highest BCUT2D eigenvalue weighted by Gasteiger charge is 2.14. The van der Waals surface area contributed by atoms with E-state index in [0.717, 1.165) is 0 Å². The second-order valence-corrected chi connectivity index (χ2v) is 4.29. The van der Waals surface area contributed by atoms with Gasteiger partial charge in [-0.2, -0.15) is 0 Å². The summed E-state index contributed by atoms with van der Waals surface area (Å²) in [7, 11) is 0. The normalized spacial score (nSPS) is 10.7. The van der Waals surface area contributed by atoms with Crippen LogP contribution < -0.4 is 0 Å². The zero-order valence-electron chi connectivity index (χ0n) is 9.97. The van der Waals surface area contributed by atoms with E-state index in [-0.39, 0.29) is 16.3 Å². The minimum absolute atomic E-state index is 0.0945. The van der Waals surface area contributed by atoms with E-state index >= 15 is 0 Å². The fraction of sp³-hybridized carbons (Fsp3) is 0.231. The Morgan fingerprint density at radius 3 is 2.56 bits per heavy atom. The molecule has 1 aromatic heterocycles. The second-order valence-electron chi connectivity index (χ2n) is 3.90. The lowest BCUT2D eigenvalue weighted by molar-refractivity contribution is 0.505. The molecule has 2 rings (SSSR count). The summed E-state index contributed by atoms with van der Waals surface area (Å²) in [4.78, 5) is 8.14. The SMILES string of the molecule is CCc1nc(Cl)cc(-c2ccc(C)c(F)c2F)n1.